The molecule has 0 fully saturated rings. The second-order valence-corrected chi connectivity index (χ2v) is 10.4. The second-order valence-electron chi connectivity index (χ2n) is 8.65. The smallest absolute Gasteiger partial charge is 0.333 e. The Balaban J connectivity index is 1.76. The van der Waals surface area contributed by atoms with Gasteiger partial charge >= 0.3 is 5.97 Å². The molecule has 0 atom stereocenters. The van der Waals surface area contributed by atoms with Crippen molar-refractivity contribution in [3.63, 3.8) is 0 Å². The van der Waals surface area contributed by atoms with Crippen molar-refractivity contribution in [2.45, 2.75) is 25.7 Å². The first-order valence-corrected chi connectivity index (χ1v) is 14.6. The van der Waals surface area contributed by atoms with E-state index in [2.05, 4.69) is 10.0 Å². The molecular formula is C28H36F2N2O9S. The molecule has 14 heteroatoms. The first-order chi connectivity index (χ1) is 20.0. The van der Waals surface area contributed by atoms with E-state index in [9.17, 15) is 26.8 Å². The molecule has 232 valence electrons. The quantitative estimate of drug-likeness (QED) is 0.139. The van der Waals surface area contributed by atoms with Gasteiger partial charge in [-0.05, 0) is 61.9 Å². The number of sulfonamides is 1. The van der Waals surface area contributed by atoms with Crippen LogP contribution >= 0.6 is 0 Å². The van der Waals surface area contributed by atoms with Crippen molar-refractivity contribution in [3.05, 3.63) is 59.2 Å². The summed E-state index contributed by atoms with van der Waals surface area (Å²) in [7, 11) is -3.86. The monoisotopic (exact) mass is 614 g/mol. The lowest BCUT2D eigenvalue weighted by molar-refractivity contribution is -0.138. The molecule has 2 aromatic carbocycles. The van der Waals surface area contributed by atoms with E-state index in [0.717, 1.165) is 12.1 Å². The van der Waals surface area contributed by atoms with Gasteiger partial charge in [0.15, 0.2) is 17.4 Å². The molecule has 0 spiro atoms. The Hall–Kier alpha value is -3.43. The number of carbonyl (C=O) groups excluding carboxylic acids is 2. The molecule has 2 N–H and O–H groups in total. The molecular weight excluding hydrogens is 578 g/mol. The van der Waals surface area contributed by atoms with Crippen LogP contribution in [0, 0.1) is 11.6 Å². The Morgan fingerprint density at radius 3 is 1.95 bits per heavy atom. The van der Waals surface area contributed by atoms with Crippen molar-refractivity contribution < 1.29 is 50.5 Å². The summed E-state index contributed by atoms with van der Waals surface area (Å²) < 4.78 is 82.7. The van der Waals surface area contributed by atoms with E-state index >= 15 is 0 Å². The van der Waals surface area contributed by atoms with Gasteiger partial charge in [0.25, 0.3) is 0 Å². The fraction of sp³-hybridized carbons (Fsp3) is 0.429. The Morgan fingerprint density at radius 2 is 1.40 bits per heavy atom. The maximum atomic E-state index is 14.6. The normalized spacial score (nSPS) is 11.8. The van der Waals surface area contributed by atoms with Crippen LogP contribution < -0.4 is 14.8 Å². The number of benzene rings is 2. The molecule has 0 radical (unpaired) electrons. The zero-order valence-corrected chi connectivity index (χ0v) is 24.6. The summed E-state index contributed by atoms with van der Waals surface area (Å²) in [6, 6.07) is 7.02. The fourth-order valence-corrected chi connectivity index (χ4v) is 4.30. The van der Waals surface area contributed by atoms with Crippen molar-refractivity contribution in [2.75, 3.05) is 59.3 Å². The topological polar surface area (TPSA) is 138 Å². The van der Waals surface area contributed by atoms with Crippen LogP contribution in [0.15, 0.2) is 46.9 Å². The van der Waals surface area contributed by atoms with Crippen LogP contribution in [-0.4, -0.2) is 79.6 Å². The molecule has 0 unspecified atom stereocenters. The lowest BCUT2D eigenvalue weighted by Crippen LogP contribution is -2.28. The molecule has 0 aliphatic rings. The number of hydrogen-bond acceptors (Lipinski definition) is 9. The van der Waals surface area contributed by atoms with E-state index < -0.39 is 33.4 Å². The van der Waals surface area contributed by atoms with Gasteiger partial charge in [-0.15, -0.1) is 0 Å². The van der Waals surface area contributed by atoms with E-state index in [-0.39, 0.29) is 54.1 Å². The molecule has 1 amide bonds. The van der Waals surface area contributed by atoms with Crippen LogP contribution in [0.25, 0.3) is 6.08 Å². The van der Waals surface area contributed by atoms with Crippen molar-refractivity contribution in [3.8, 4) is 11.5 Å². The minimum atomic E-state index is -3.86. The largest absolute Gasteiger partial charge is 0.463 e. The van der Waals surface area contributed by atoms with Crippen molar-refractivity contribution in [2.24, 2.45) is 0 Å². The lowest BCUT2D eigenvalue weighted by atomic mass is 10.1. The minimum absolute atomic E-state index is 0.0132. The number of ether oxygens (including phenoxy) is 5. The molecule has 0 saturated heterocycles. The summed E-state index contributed by atoms with van der Waals surface area (Å²) in [5, 5.41) is 2.61. The third-order valence-electron chi connectivity index (χ3n) is 5.26. The molecule has 0 bridgehead atoms. The van der Waals surface area contributed by atoms with E-state index in [1.165, 1.54) is 44.2 Å². The van der Waals surface area contributed by atoms with Crippen LogP contribution in [0.3, 0.4) is 0 Å². The summed E-state index contributed by atoms with van der Waals surface area (Å²) in [5.41, 5.74) is 0.276. The number of carbonyl (C=O) groups is 2. The van der Waals surface area contributed by atoms with Gasteiger partial charge in [-0.3, -0.25) is 4.79 Å². The standard InChI is InChI=1S/C28H36F2N2O9S/c1-4-40-28(34)20(2)17-22-18-25(29)27(26(30)19-22)41-23-5-7-24(8-6-23)42(35,36)32-10-12-38-14-16-39-15-13-37-11-9-31-21(3)33/h5-8,17-19,32H,4,9-16H2,1-3H3,(H,31,33)/b20-17+. The van der Waals surface area contributed by atoms with E-state index in [0.29, 0.717) is 33.0 Å². The highest BCUT2D eigenvalue weighted by Gasteiger charge is 2.17. The number of esters is 1. The van der Waals surface area contributed by atoms with Gasteiger partial charge in [0, 0.05) is 25.6 Å². The Kier molecular flexibility index (Phi) is 15.1. The predicted octanol–water partition coefficient (Wildman–Crippen LogP) is 3.19. The SMILES string of the molecule is CCOC(=O)/C(C)=C/c1cc(F)c(Oc2ccc(S(=O)(=O)NCCOCCOCCOCCNC(C)=O)cc2)c(F)c1. The van der Waals surface area contributed by atoms with Gasteiger partial charge in [-0.1, -0.05) is 0 Å². The van der Waals surface area contributed by atoms with Crippen molar-refractivity contribution >= 4 is 28.0 Å². The molecule has 11 nitrogen and oxygen atoms in total. The molecule has 0 heterocycles. The maximum absolute atomic E-state index is 14.6. The molecule has 0 saturated carbocycles. The Labute approximate surface area is 244 Å². The van der Waals surface area contributed by atoms with Crippen LogP contribution in [-0.2, 0) is 38.6 Å². The van der Waals surface area contributed by atoms with E-state index in [1.54, 1.807) is 6.92 Å². The predicted molar refractivity (Wildman–Crippen MR) is 149 cm³/mol. The summed E-state index contributed by atoms with van der Waals surface area (Å²) in [6.07, 6.45) is 1.29. The Morgan fingerprint density at radius 1 is 0.857 bits per heavy atom. The van der Waals surface area contributed by atoms with Crippen molar-refractivity contribution in [1.29, 1.82) is 0 Å². The molecule has 2 rings (SSSR count). The molecule has 0 aliphatic heterocycles. The molecule has 2 aromatic rings. The van der Waals surface area contributed by atoms with Crippen molar-refractivity contribution in [1.82, 2.24) is 10.0 Å². The van der Waals surface area contributed by atoms with Gasteiger partial charge in [0.2, 0.25) is 15.9 Å². The molecule has 0 aromatic heterocycles. The summed E-state index contributed by atoms with van der Waals surface area (Å²) >= 11 is 0. The molecule has 0 aliphatic carbocycles. The molecule has 42 heavy (non-hydrogen) atoms. The number of halogens is 2. The second kappa shape index (κ2) is 18.2. The summed E-state index contributed by atoms with van der Waals surface area (Å²) in [5.74, 6) is -3.39. The van der Waals surface area contributed by atoms with Gasteiger partial charge in [-0.2, -0.15) is 0 Å². The van der Waals surface area contributed by atoms with Gasteiger partial charge in [-0.25, -0.2) is 26.7 Å². The average molecular weight is 615 g/mol. The van der Waals surface area contributed by atoms with Crippen LogP contribution in [0.5, 0.6) is 11.5 Å². The zero-order chi connectivity index (χ0) is 31.0. The van der Waals surface area contributed by atoms with Crippen LogP contribution in [0.4, 0.5) is 8.78 Å². The van der Waals surface area contributed by atoms with Gasteiger partial charge in [0.05, 0.1) is 51.1 Å². The average Bonchev–Trinajstić information content (AvgIpc) is 2.93. The number of nitrogens with one attached hydrogen (secondary N) is 2. The summed E-state index contributed by atoms with van der Waals surface area (Å²) in [6.45, 7) is 6.93. The third kappa shape index (κ3) is 12.6. The van der Waals surface area contributed by atoms with E-state index in [4.69, 9.17) is 23.7 Å². The number of rotatable bonds is 19. The maximum Gasteiger partial charge on any atom is 0.333 e. The third-order valence-corrected chi connectivity index (χ3v) is 6.73. The first kappa shape index (κ1) is 34.8. The highest BCUT2D eigenvalue weighted by Crippen LogP contribution is 2.30. The fourth-order valence-electron chi connectivity index (χ4n) is 3.29. The highest BCUT2D eigenvalue weighted by atomic mass is 32.2. The van der Waals surface area contributed by atoms with Gasteiger partial charge < -0.3 is 29.0 Å². The minimum Gasteiger partial charge on any atom is -0.463 e. The van der Waals surface area contributed by atoms with Crippen LogP contribution in [0.1, 0.15) is 26.3 Å². The first-order valence-electron chi connectivity index (χ1n) is 13.1. The highest BCUT2D eigenvalue weighted by molar-refractivity contribution is 7.89. The van der Waals surface area contributed by atoms with E-state index in [1.807, 2.05) is 0 Å². The number of amides is 1. The zero-order valence-electron chi connectivity index (χ0n) is 23.7. The number of hydrogen-bond donors (Lipinski definition) is 2. The lowest BCUT2D eigenvalue weighted by Gasteiger charge is -2.11. The van der Waals surface area contributed by atoms with Crippen LogP contribution in [0.2, 0.25) is 0 Å². The van der Waals surface area contributed by atoms with Gasteiger partial charge in [0.1, 0.15) is 5.75 Å². The Bertz CT molecular complexity index is 1280. The summed E-state index contributed by atoms with van der Waals surface area (Å²) in [4.78, 5) is 22.4.